The number of hydrogen-bond donors (Lipinski definition) is 1. The van der Waals surface area contributed by atoms with Gasteiger partial charge >= 0.3 is 0 Å². The lowest BCUT2D eigenvalue weighted by Gasteiger charge is -2.03. The normalized spacial score (nSPS) is 10.8. The van der Waals surface area contributed by atoms with Gasteiger partial charge in [0.15, 0.2) is 17.5 Å². The first-order valence-corrected chi connectivity index (χ1v) is 5.74. The molecule has 3 aromatic rings. The van der Waals surface area contributed by atoms with Crippen molar-refractivity contribution in [1.82, 2.24) is 15.1 Å². The second-order valence-corrected chi connectivity index (χ2v) is 4.12. The van der Waals surface area contributed by atoms with E-state index in [2.05, 4.69) is 15.1 Å². The fraction of sp³-hybridized carbons (Fsp3) is 0. The Morgan fingerprint density at radius 2 is 1.81 bits per heavy atom. The molecule has 0 aliphatic carbocycles. The summed E-state index contributed by atoms with van der Waals surface area (Å²) in [7, 11) is 0. The first-order valence-electron chi connectivity index (χ1n) is 5.74. The van der Waals surface area contributed by atoms with E-state index in [9.17, 15) is 13.2 Å². The molecule has 0 spiro atoms. The molecule has 0 amide bonds. The van der Waals surface area contributed by atoms with Crippen LogP contribution in [-0.2, 0) is 0 Å². The predicted molar refractivity (Wildman–Crippen MR) is 67.3 cm³/mol. The summed E-state index contributed by atoms with van der Waals surface area (Å²) in [6, 6.07) is 3.14. The molecule has 0 saturated carbocycles. The van der Waals surface area contributed by atoms with Gasteiger partial charge in [0.25, 0.3) is 0 Å². The zero-order valence-corrected chi connectivity index (χ0v) is 10.3. The molecule has 0 saturated heterocycles. The maximum Gasteiger partial charge on any atom is 0.232 e. The van der Waals surface area contributed by atoms with Crippen molar-refractivity contribution in [2.45, 2.75) is 0 Å². The highest BCUT2D eigenvalue weighted by Crippen LogP contribution is 2.35. The van der Waals surface area contributed by atoms with Crippen molar-refractivity contribution in [3.63, 3.8) is 0 Å². The average molecular weight is 292 g/mol. The Labute approximate surface area is 116 Å². The van der Waals surface area contributed by atoms with Crippen LogP contribution in [0.3, 0.4) is 0 Å². The molecule has 0 unspecified atom stereocenters. The summed E-state index contributed by atoms with van der Waals surface area (Å²) < 4.78 is 44.5. The summed E-state index contributed by atoms with van der Waals surface area (Å²) in [5.74, 6) is -4.30. The Hall–Kier alpha value is -2.90. The third kappa shape index (κ3) is 2.20. The van der Waals surface area contributed by atoms with Crippen LogP contribution < -0.4 is 5.73 Å². The van der Waals surface area contributed by atoms with Gasteiger partial charge in [0.05, 0.1) is 11.3 Å². The van der Waals surface area contributed by atoms with Crippen molar-refractivity contribution in [3.8, 4) is 22.5 Å². The second-order valence-electron chi connectivity index (χ2n) is 4.12. The van der Waals surface area contributed by atoms with Gasteiger partial charge in [-0.3, -0.25) is 0 Å². The van der Waals surface area contributed by atoms with Crippen molar-refractivity contribution in [2.24, 2.45) is 0 Å². The maximum atomic E-state index is 13.3. The number of nitrogens with zero attached hydrogens (tertiary/aromatic N) is 3. The zero-order chi connectivity index (χ0) is 15.0. The molecule has 1 aromatic carbocycles. The molecule has 0 aliphatic rings. The van der Waals surface area contributed by atoms with E-state index in [4.69, 9.17) is 10.3 Å². The van der Waals surface area contributed by atoms with Gasteiger partial charge in [-0.1, -0.05) is 5.16 Å². The minimum atomic E-state index is -1.56. The molecule has 5 nitrogen and oxygen atoms in total. The molecule has 8 heteroatoms. The van der Waals surface area contributed by atoms with Crippen LogP contribution in [0.1, 0.15) is 0 Å². The lowest BCUT2D eigenvalue weighted by atomic mass is 10.0. The van der Waals surface area contributed by atoms with E-state index < -0.39 is 17.5 Å². The molecule has 0 fully saturated rings. The van der Waals surface area contributed by atoms with E-state index >= 15 is 0 Å². The van der Waals surface area contributed by atoms with Gasteiger partial charge in [-0.05, 0) is 18.2 Å². The van der Waals surface area contributed by atoms with Crippen molar-refractivity contribution < 1.29 is 17.7 Å². The van der Waals surface area contributed by atoms with E-state index in [0.29, 0.717) is 5.69 Å². The van der Waals surface area contributed by atoms with Crippen molar-refractivity contribution in [1.29, 1.82) is 0 Å². The van der Waals surface area contributed by atoms with Crippen LogP contribution in [0.5, 0.6) is 0 Å². The molecule has 0 bridgehead atoms. The fourth-order valence-corrected chi connectivity index (χ4v) is 1.88. The minimum absolute atomic E-state index is 0.0135. The number of nitrogen functional groups attached to an aromatic ring is 1. The Morgan fingerprint density at radius 3 is 2.43 bits per heavy atom. The Morgan fingerprint density at radius 1 is 1.10 bits per heavy atom. The number of hydrogen-bond acceptors (Lipinski definition) is 5. The van der Waals surface area contributed by atoms with E-state index in [1.165, 1.54) is 18.6 Å². The number of benzene rings is 1. The number of anilines is 1. The summed E-state index contributed by atoms with van der Waals surface area (Å²) in [5, 5.41) is 3.66. The topological polar surface area (TPSA) is 77.8 Å². The summed E-state index contributed by atoms with van der Waals surface area (Å²) in [6.45, 7) is 0. The largest absolute Gasteiger partial charge is 0.367 e. The number of halogens is 3. The molecule has 0 aliphatic heterocycles. The van der Waals surface area contributed by atoms with Crippen LogP contribution in [0.4, 0.5) is 19.1 Å². The van der Waals surface area contributed by atoms with Crippen LogP contribution in [0.15, 0.2) is 35.2 Å². The SMILES string of the molecule is Nc1onc(-c2cc(F)c(F)c(F)c2)c1-c1ccncn1. The van der Waals surface area contributed by atoms with E-state index in [1.807, 2.05) is 0 Å². The van der Waals surface area contributed by atoms with Crippen molar-refractivity contribution in [2.75, 3.05) is 5.73 Å². The molecular formula is C13H7F3N4O. The second kappa shape index (κ2) is 4.89. The molecule has 3 rings (SSSR count). The van der Waals surface area contributed by atoms with Crippen molar-refractivity contribution in [3.05, 3.63) is 48.2 Å². The molecule has 0 atom stereocenters. The van der Waals surface area contributed by atoms with Gasteiger partial charge < -0.3 is 10.3 Å². The van der Waals surface area contributed by atoms with Crippen molar-refractivity contribution >= 4 is 5.88 Å². The van der Waals surface area contributed by atoms with E-state index in [-0.39, 0.29) is 22.7 Å². The lowest BCUT2D eigenvalue weighted by molar-refractivity contribution is 0.437. The van der Waals surface area contributed by atoms with Gasteiger partial charge in [0.2, 0.25) is 5.88 Å². The van der Waals surface area contributed by atoms with Crippen LogP contribution in [0, 0.1) is 17.5 Å². The highest BCUT2D eigenvalue weighted by molar-refractivity contribution is 5.85. The molecule has 106 valence electrons. The van der Waals surface area contributed by atoms with Gasteiger partial charge in [0.1, 0.15) is 12.0 Å². The Kier molecular flexibility index (Phi) is 3.05. The highest BCUT2D eigenvalue weighted by atomic mass is 19.2. The van der Waals surface area contributed by atoms with Crippen LogP contribution in [0.25, 0.3) is 22.5 Å². The maximum absolute atomic E-state index is 13.3. The quantitative estimate of drug-likeness (QED) is 0.735. The molecule has 21 heavy (non-hydrogen) atoms. The fourth-order valence-electron chi connectivity index (χ4n) is 1.88. The smallest absolute Gasteiger partial charge is 0.232 e. The number of nitrogens with two attached hydrogens (primary N) is 1. The lowest BCUT2D eigenvalue weighted by Crippen LogP contribution is -1.94. The van der Waals surface area contributed by atoms with Crippen LogP contribution >= 0.6 is 0 Å². The van der Waals surface area contributed by atoms with Crippen LogP contribution in [-0.4, -0.2) is 15.1 Å². The third-order valence-electron chi connectivity index (χ3n) is 2.81. The first kappa shape index (κ1) is 13.1. The van der Waals surface area contributed by atoms with Gasteiger partial charge in [-0.15, -0.1) is 0 Å². The van der Waals surface area contributed by atoms with Crippen LogP contribution in [0.2, 0.25) is 0 Å². The molecular weight excluding hydrogens is 285 g/mol. The predicted octanol–water partition coefficient (Wildman–Crippen LogP) is 2.80. The average Bonchev–Trinajstić information content (AvgIpc) is 2.87. The van der Waals surface area contributed by atoms with Gasteiger partial charge in [-0.25, -0.2) is 23.1 Å². The monoisotopic (exact) mass is 292 g/mol. The van der Waals surface area contributed by atoms with Gasteiger partial charge in [-0.2, -0.15) is 0 Å². The summed E-state index contributed by atoms with van der Waals surface area (Å²) in [4.78, 5) is 7.73. The van der Waals surface area contributed by atoms with E-state index in [1.54, 1.807) is 0 Å². The van der Waals surface area contributed by atoms with E-state index in [0.717, 1.165) is 12.1 Å². The summed E-state index contributed by atoms with van der Waals surface area (Å²) >= 11 is 0. The highest BCUT2D eigenvalue weighted by Gasteiger charge is 2.21. The standard InChI is InChI=1S/C13H7F3N4O/c14-7-3-6(4-8(15)11(7)16)12-10(13(17)21-20-12)9-1-2-18-5-19-9/h1-5H,17H2. The summed E-state index contributed by atoms with van der Waals surface area (Å²) in [6.07, 6.45) is 2.74. The Bertz CT molecular complexity index is 781. The number of rotatable bonds is 2. The number of aromatic nitrogens is 3. The molecule has 2 heterocycles. The Balaban J connectivity index is 2.21. The first-order chi connectivity index (χ1) is 10.1. The third-order valence-corrected chi connectivity index (χ3v) is 2.81. The minimum Gasteiger partial charge on any atom is -0.367 e. The zero-order valence-electron chi connectivity index (χ0n) is 10.3. The molecule has 2 N–H and O–H groups in total. The molecule has 2 aromatic heterocycles. The van der Waals surface area contributed by atoms with Gasteiger partial charge in [0, 0.05) is 11.8 Å². The summed E-state index contributed by atoms with van der Waals surface area (Å²) in [5.41, 5.74) is 6.33. The molecule has 0 radical (unpaired) electrons.